The van der Waals surface area contributed by atoms with E-state index in [-0.39, 0.29) is 17.1 Å². The highest BCUT2D eigenvalue weighted by Crippen LogP contribution is 2.43. The molecule has 0 fully saturated rings. The summed E-state index contributed by atoms with van der Waals surface area (Å²) in [7, 11) is 0. The maximum absolute atomic E-state index is 12.6. The molecular weight excluding hydrogens is 296 g/mol. The lowest BCUT2D eigenvalue weighted by atomic mass is 10.0. The lowest BCUT2D eigenvalue weighted by Crippen LogP contribution is -2.45. The van der Waals surface area contributed by atoms with Crippen LogP contribution in [0, 0.1) is 0 Å². The quantitative estimate of drug-likeness (QED) is 0.896. The summed E-state index contributed by atoms with van der Waals surface area (Å²) in [5.74, 6) is -0.408. The van der Waals surface area contributed by atoms with Crippen molar-refractivity contribution in [3.05, 3.63) is 60.2 Å². The molecular formula is C17H16N2O2S. The molecule has 1 aliphatic heterocycles. The number of fused-ring (bicyclic) bond motifs is 1. The molecule has 2 amide bonds. The van der Waals surface area contributed by atoms with E-state index in [1.807, 2.05) is 54.6 Å². The van der Waals surface area contributed by atoms with Gasteiger partial charge in [0.25, 0.3) is 0 Å². The van der Waals surface area contributed by atoms with Gasteiger partial charge in [0.2, 0.25) is 11.8 Å². The van der Waals surface area contributed by atoms with Crippen LogP contribution in [0.1, 0.15) is 17.7 Å². The van der Waals surface area contributed by atoms with Crippen LogP contribution in [0.5, 0.6) is 0 Å². The normalized spacial score (nSPS) is 20.5. The highest BCUT2D eigenvalue weighted by molar-refractivity contribution is 7.99. The van der Waals surface area contributed by atoms with Gasteiger partial charge in [-0.05, 0) is 17.7 Å². The summed E-state index contributed by atoms with van der Waals surface area (Å²) in [6.07, 6.45) is 0. The van der Waals surface area contributed by atoms with Crippen molar-refractivity contribution in [3.63, 3.8) is 0 Å². The Morgan fingerprint density at radius 3 is 2.50 bits per heavy atom. The number of anilines is 1. The maximum Gasteiger partial charge on any atom is 0.248 e. The Morgan fingerprint density at radius 2 is 1.77 bits per heavy atom. The van der Waals surface area contributed by atoms with Gasteiger partial charge >= 0.3 is 0 Å². The van der Waals surface area contributed by atoms with Gasteiger partial charge in [-0.2, -0.15) is 0 Å². The average molecular weight is 312 g/mol. The molecule has 2 atom stereocenters. The smallest absolute Gasteiger partial charge is 0.248 e. The van der Waals surface area contributed by atoms with E-state index >= 15 is 0 Å². The van der Waals surface area contributed by atoms with Crippen molar-refractivity contribution in [1.29, 1.82) is 0 Å². The third kappa shape index (κ3) is 2.99. The summed E-state index contributed by atoms with van der Waals surface area (Å²) >= 11 is 1.59. The van der Waals surface area contributed by atoms with Crippen molar-refractivity contribution in [1.82, 2.24) is 5.32 Å². The van der Waals surface area contributed by atoms with E-state index in [9.17, 15) is 9.59 Å². The molecule has 0 saturated heterocycles. The lowest BCUT2D eigenvalue weighted by Gasteiger charge is -2.24. The highest BCUT2D eigenvalue weighted by atomic mass is 32.2. The van der Waals surface area contributed by atoms with E-state index < -0.39 is 6.04 Å². The first kappa shape index (κ1) is 14.7. The minimum absolute atomic E-state index is 0.172. The molecule has 2 aromatic rings. The second-order valence-electron chi connectivity index (χ2n) is 5.11. The van der Waals surface area contributed by atoms with Crippen LogP contribution in [-0.2, 0) is 9.59 Å². The van der Waals surface area contributed by atoms with Crippen molar-refractivity contribution < 1.29 is 9.59 Å². The zero-order valence-electron chi connectivity index (χ0n) is 12.1. The van der Waals surface area contributed by atoms with Crippen LogP contribution in [0.15, 0.2) is 59.5 Å². The van der Waals surface area contributed by atoms with Crippen LogP contribution >= 0.6 is 11.8 Å². The van der Waals surface area contributed by atoms with Crippen molar-refractivity contribution in [2.45, 2.75) is 23.1 Å². The number of benzene rings is 2. The molecule has 0 aliphatic carbocycles. The van der Waals surface area contributed by atoms with Crippen LogP contribution in [0.4, 0.5) is 5.69 Å². The van der Waals surface area contributed by atoms with Gasteiger partial charge in [-0.1, -0.05) is 42.5 Å². The van der Waals surface area contributed by atoms with Gasteiger partial charge in [0.15, 0.2) is 0 Å². The van der Waals surface area contributed by atoms with Crippen molar-refractivity contribution in [2.24, 2.45) is 0 Å². The molecule has 0 saturated carbocycles. The summed E-state index contributed by atoms with van der Waals surface area (Å²) < 4.78 is 0. The molecule has 1 aliphatic rings. The fourth-order valence-electron chi connectivity index (χ4n) is 2.49. The second-order valence-corrected chi connectivity index (χ2v) is 6.30. The predicted octanol–water partition coefficient (Wildman–Crippen LogP) is 2.98. The summed E-state index contributed by atoms with van der Waals surface area (Å²) in [5.41, 5.74) is 1.80. The molecule has 2 aromatic carbocycles. The fourth-order valence-corrected chi connectivity index (χ4v) is 3.79. The topological polar surface area (TPSA) is 58.2 Å². The number of para-hydroxylation sites is 1. The van der Waals surface area contributed by atoms with Gasteiger partial charge in [0.05, 0.1) is 10.9 Å². The van der Waals surface area contributed by atoms with Gasteiger partial charge in [0, 0.05) is 11.8 Å². The zero-order valence-corrected chi connectivity index (χ0v) is 12.9. The molecule has 5 heteroatoms. The number of thioether (sulfide) groups is 1. The molecule has 2 N–H and O–H groups in total. The Kier molecular flexibility index (Phi) is 4.15. The number of carbonyl (C=O) groups excluding carboxylic acids is 2. The number of amides is 2. The average Bonchev–Trinajstić information content (AvgIpc) is 2.65. The highest BCUT2D eigenvalue weighted by Gasteiger charge is 2.34. The lowest BCUT2D eigenvalue weighted by molar-refractivity contribution is -0.125. The SMILES string of the molecule is CC(=O)N[C@H]1C(=O)Nc2ccccc2S[C@H]1c1ccccc1. The number of carbonyl (C=O) groups is 2. The van der Waals surface area contributed by atoms with Gasteiger partial charge in [-0.3, -0.25) is 9.59 Å². The summed E-state index contributed by atoms with van der Waals surface area (Å²) in [5, 5.41) is 5.51. The third-order valence-electron chi connectivity index (χ3n) is 3.47. The van der Waals surface area contributed by atoms with E-state index in [0.29, 0.717) is 0 Å². The number of rotatable bonds is 2. The molecule has 0 spiro atoms. The van der Waals surface area contributed by atoms with Gasteiger partial charge in [-0.25, -0.2) is 0 Å². The Bertz CT molecular complexity index is 703. The Balaban J connectivity index is 2.04. The first-order valence-electron chi connectivity index (χ1n) is 7.04. The molecule has 1 heterocycles. The largest absolute Gasteiger partial charge is 0.343 e. The van der Waals surface area contributed by atoms with Crippen LogP contribution < -0.4 is 10.6 Å². The molecule has 112 valence electrons. The summed E-state index contributed by atoms with van der Waals surface area (Å²) in [6.45, 7) is 1.43. The molecule has 0 unspecified atom stereocenters. The molecule has 0 radical (unpaired) electrons. The monoisotopic (exact) mass is 312 g/mol. The molecule has 3 rings (SSSR count). The minimum atomic E-state index is -0.614. The van der Waals surface area contributed by atoms with Crippen LogP contribution in [0.3, 0.4) is 0 Å². The van der Waals surface area contributed by atoms with E-state index in [1.54, 1.807) is 11.8 Å². The van der Waals surface area contributed by atoms with Crippen LogP contribution in [-0.4, -0.2) is 17.9 Å². The van der Waals surface area contributed by atoms with E-state index in [1.165, 1.54) is 6.92 Å². The van der Waals surface area contributed by atoms with Crippen molar-refractivity contribution >= 4 is 29.3 Å². The third-order valence-corrected chi connectivity index (χ3v) is 4.88. The Labute approximate surface area is 133 Å². The second kappa shape index (κ2) is 6.23. The van der Waals surface area contributed by atoms with E-state index in [2.05, 4.69) is 10.6 Å². The van der Waals surface area contributed by atoms with Crippen LogP contribution in [0.25, 0.3) is 0 Å². The standard InChI is InChI=1S/C17H16N2O2S/c1-11(20)18-15-16(12-7-3-2-4-8-12)22-14-10-6-5-9-13(14)19-17(15)21/h2-10,15-16H,1H3,(H,18,20)(H,19,21)/t15-,16+/m1/s1. The summed E-state index contributed by atoms with van der Waals surface area (Å²) in [6, 6.07) is 16.8. The van der Waals surface area contributed by atoms with Crippen molar-refractivity contribution in [2.75, 3.05) is 5.32 Å². The van der Waals surface area contributed by atoms with Gasteiger partial charge in [0.1, 0.15) is 6.04 Å². The molecule has 0 bridgehead atoms. The fraction of sp³-hybridized carbons (Fsp3) is 0.176. The minimum Gasteiger partial charge on any atom is -0.343 e. The number of hydrogen-bond donors (Lipinski definition) is 2. The molecule has 22 heavy (non-hydrogen) atoms. The van der Waals surface area contributed by atoms with E-state index in [0.717, 1.165) is 16.1 Å². The van der Waals surface area contributed by atoms with E-state index in [4.69, 9.17) is 0 Å². The number of hydrogen-bond acceptors (Lipinski definition) is 3. The zero-order chi connectivity index (χ0) is 15.5. The Morgan fingerprint density at radius 1 is 1.09 bits per heavy atom. The number of nitrogens with one attached hydrogen (secondary N) is 2. The summed E-state index contributed by atoms with van der Waals surface area (Å²) in [4.78, 5) is 25.1. The predicted molar refractivity (Wildman–Crippen MR) is 87.7 cm³/mol. The maximum atomic E-state index is 12.6. The van der Waals surface area contributed by atoms with Gasteiger partial charge < -0.3 is 10.6 Å². The van der Waals surface area contributed by atoms with Gasteiger partial charge in [-0.15, -0.1) is 11.8 Å². The molecule has 0 aromatic heterocycles. The first-order chi connectivity index (χ1) is 10.6. The van der Waals surface area contributed by atoms with Crippen LogP contribution in [0.2, 0.25) is 0 Å². The Hall–Kier alpha value is -2.27. The molecule has 4 nitrogen and oxygen atoms in total. The van der Waals surface area contributed by atoms with Crippen molar-refractivity contribution in [3.8, 4) is 0 Å². The first-order valence-corrected chi connectivity index (χ1v) is 7.92.